The smallest absolute Gasteiger partial charge is 0.185 e. The summed E-state index contributed by atoms with van der Waals surface area (Å²) in [7, 11) is 0. The molecule has 88 valence electrons. The fourth-order valence-electron chi connectivity index (χ4n) is 2.21. The van der Waals surface area contributed by atoms with Crippen LogP contribution >= 0.6 is 0 Å². The molecule has 0 unspecified atom stereocenters. The number of hydrogen-bond donors (Lipinski definition) is 3. The molecule has 0 amide bonds. The Labute approximate surface area is 92.7 Å². The van der Waals surface area contributed by atoms with Crippen LogP contribution in [0.1, 0.15) is 33.6 Å². The molecule has 1 fully saturated rings. The molecule has 1 aliphatic rings. The molecule has 0 aromatic heterocycles. The van der Waals surface area contributed by atoms with Crippen molar-refractivity contribution in [3.8, 4) is 0 Å². The van der Waals surface area contributed by atoms with Crippen LogP contribution in [0, 0.1) is 10.8 Å². The summed E-state index contributed by atoms with van der Waals surface area (Å²) in [6.07, 6.45) is 2.32. The molecule has 1 aliphatic heterocycles. The Balaban J connectivity index is 2.38. The molecule has 0 spiro atoms. The standard InChI is InChI=1S/C11H24N4/c1-11(2,3)8-15-6-4-5-9(7-15)14-10(12)13/h9H,4-8H2,1-3H3,(H4,12,13,14)/t9-/m0/s1. The van der Waals surface area contributed by atoms with Crippen LogP contribution in [0.3, 0.4) is 0 Å². The van der Waals surface area contributed by atoms with Gasteiger partial charge in [0, 0.05) is 19.1 Å². The van der Waals surface area contributed by atoms with Gasteiger partial charge in [-0.15, -0.1) is 0 Å². The Morgan fingerprint density at radius 1 is 1.53 bits per heavy atom. The first-order valence-corrected chi connectivity index (χ1v) is 5.70. The Bertz CT molecular complexity index is 219. The highest BCUT2D eigenvalue weighted by Gasteiger charge is 2.23. The predicted octanol–water partition coefficient (Wildman–Crippen LogP) is 0.980. The maximum absolute atomic E-state index is 7.22. The van der Waals surface area contributed by atoms with Crippen LogP contribution in [-0.4, -0.2) is 36.5 Å². The lowest BCUT2D eigenvalue weighted by atomic mass is 9.94. The van der Waals surface area contributed by atoms with Gasteiger partial charge in [0.05, 0.1) is 0 Å². The molecule has 0 radical (unpaired) electrons. The normalized spacial score (nSPS) is 23.8. The minimum atomic E-state index is 0.0950. The zero-order chi connectivity index (χ0) is 11.5. The Kier molecular flexibility index (Phi) is 3.97. The van der Waals surface area contributed by atoms with Crippen molar-refractivity contribution in [3.05, 3.63) is 0 Å². The number of nitrogens with one attached hydrogen (secondary N) is 2. The largest absolute Gasteiger partial charge is 0.370 e. The molecule has 4 nitrogen and oxygen atoms in total. The van der Waals surface area contributed by atoms with Crippen molar-refractivity contribution in [2.45, 2.75) is 39.7 Å². The van der Waals surface area contributed by atoms with Gasteiger partial charge in [-0.1, -0.05) is 20.8 Å². The van der Waals surface area contributed by atoms with Crippen molar-refractivity contribution >= 4 is 5.96 Å². The van der Waals surface area contributed by atoms with Gasteiger partial charge < -0.3 is 16.0 Å². The Morgan fingerprint density at radius 3 is 2.73 bits per heavy atom. The molecule has 0 aliphatic carbocycles. The highest BCUT2D eigenvalue weighted by atomic mass is 15.2. The second-order valence-corrected chi connectivity index (χ2v) is 5.69. The highest BCUT2D eigenvalue weighted by Crippen LogP contribution is 2.18. The lowest BCUT2D eigenvalue weighted by molar-refractivity contribution is 0.146. The fraction of sp³-hybridized carbons (Fsp3) is 0.909. The molecular formula is C11H24N4. The zero-order valence-corrected chi connectivity index (χ0v) is 10.1. The van der Waals surface area contributed by atoms with Crippen LogP contribution in [0.4, 0.5) is 0 Å². The van der Waals surface area contributed by atoms with Gasteiger partial charge in [-0.2, -0.15) is 0 Å². The van der Waals surface area contributed by atoms with E-state index >= 15 is 0 Å². The lowest BCUT2D eigenvalue weighted by Crippen LogP contribution is -2.50. The number of rotatable bonds is 2. The SMILES string of the molecule is CC(C)(C)CN1CCC[C@H](NC(=N)N)C1. The number of nitrogens with two attached hydrogens (primary N) is 1. The first-order valence-electron chi connectivity index (χ1n) is 5.70. The molecular weight excluding hydrogens is 188 g/mol. The first-order chi connectivity index (χ1) is 6.87. The van der Waals surface area contributed by atoms with Crippen LogP contribution in [0.5, 0.6) is 0 Å². The summed E-state index contributed by atoms with van der Waals surface area (Å²) < 4.78 is 0. The van der Waals surface area contributed by atoms with Crippen molar-refractivity contribution in [1.82, 2.24) is 10.2 Å². The summed E-state index contributed by atoms with van der Waals surface area (Å²) >= 11 is 0. The molecule has 4 N–H and O–H groups in total. The van der Waals surface area contributed by atoms with Crippen LogP contribution in [0.2, 0.25) is 0 Å². The van der Waals surface area contributed by atoms with Gasteiger partial charge in [0.1, 0.15) is 0 Å². The number of piperidine rings is 1. The predicted molar refractivity (Wildman–Crippen MR) is 64.0 cm³/mol. The monoisotopic (exact) mass is 212 g/mol. The second kappa shape index (κ2) is 4.84. The van der Waals surface area contributed by atoms with E-state index in [1.54, 1.807) is 0 Å². The summed E-state index contributed by atoms with van der Waals surface area (Å²) in [6, 6.07) is 0.360. The van der Waals surface area contributed by atoms with Gasteiger partial charge in [-0.25, -0.2) is 0 Å². The summed E-state index contributed by atoms with van der Waals surface area (Å²) in [5.41, 5.74) is 5.69. The van der Waals surface area contributed by atoms with E-state index in [1.165, 1.54) is 13.0 Å². The van der Waals surface area contributed by atoms with Crippen LogP contribution in [0.15, 0.2) is 0 Å². The van der Waals surface area contributed by atoms with Gasteiger partial charge in [-0.05, 0) is 24.8 Å². The van der Waals surface area contributed by atoms with Crippen molar-refractivity contribution < 1.29 is 0 Å². The summed E-state index contributed by atoms with van der Waals surface area (Å²) in [5, 5.41) is 10.2. The molecule has 0 aromatic carbocycles. The molecule has 1 rings (SSSR count). The fourth-order valence-corrected chi connectivity index (χ4v) is 2.21. The van der Waals surface area contributed by atoms with Crippen molar-refractivity contribution in [1.29, 1.82) is 5.41 Å². The summed E-state index contributed by atoms with van der Waals surface area (Å²) in [5.74, 6) is 0.0950. The van der Waals surface area contributed by atoms with Gasteiger partial charge in [0.25, 0.3) is 0 Å². The molecule has 15 heavy (non-hydrogen) atoms. The average Bonchev–Trinajstić information content (AvgIpc) is 1.99. The van der Waals surface area contributed by atoms with Gasteiger partial charge in [0.2, 0.25) is 0 Å². The molecule has 0 bridgehead atoms. The number of likely N-dealkylation sites (tertiary alicyclic amines) is 1. The third-order valence-corrected chi connectivity index (χ3v) is 2.56. The maximum Gasteiger partial charge on any atom is 0.185 e. The summed E-state index contributed by atoms with van der Waals surface area (Å²) in [4.78, 5) is 2.46. The Morgan fingerprint density at radius 2 is 2.20 bits per heavy atom. The molecule has 4 heteroatoms. The van der Waals surface area contributed by atoms with E-state index in [9.17, 15) is 0 Å². The topological polar surface area (TPSA) is 65.1 Å². The zero-order valence-electron chi connectivity index (χ0n) is 10.1. The van der Waals surface area contributed by atoms with E-state index in [4.69, 9.17) is 11.1 Å². The molecule has 0 saturated carbocycles. The van der Waals surface area contributed by atoms with E-state index < -0.39 is 0 Å². The molecule has 1 heterocycles. The second-order valence-electron chi connectivity index (χ2n) is 5.69. The van der Waals surface area contributed by atoms with Crippen LogP contribution < -0.4 is 11.1 Å². The number of guanidine groups is 1. The Hall–Kier alpha value is -0.770. The van der Waals surface area contributed by atoms with Crippen LogP contribution in [0.25, 0.3) is 0 Å². The van der Waals surface area contributed by atoms with Crippen molar-refractivity contribution in [2.75, 3.05) is 19.6 Å². The third-order valence-electron chi connectivity index (χ3n) is 2.56. The minimum absolute atomic E-state index is 0.0950. The van der Waals surface area contributed by atoms with E-state index in [2.05, 4.69) is 31.0 Å². The average molecular weight is 212 g/mol. The van der Waals surface area contributed by atoms with Crippen molar-refractivity contribution in [2.24, 2.45) is 11.1 Å². The number of hydrogen-bond acceptors (Lipinski definition) is 2. The summed E-state index contributed by atoms with van der Waals surface area (Å²) in [6.45, 7) is 10.1. The lowest BCUT2D eigenvalue weighted by Gasteiger charge is -2.36. The first kappa shape index (κ1) is 12.3. The third kappa shape index (κ3) is 5.02. The maximum atomic E-state index is 7.22. The molecule has 1 saturated heterocycles. The van der Waals surface area contributed by atoms with Crippen LogP contribution in [-0.2, 0) is 0 Å². The van der Waals surface area contributed by atoms with Gasteiger partial charge in [0.15, 0.2) is 5.96 Å². The van der Waals surface area contributed by atoms with E-state index in [0.29, 0.717) is 11.5 Å². The van der Waals surface area contributed by atoms with E-state index in [0.717, 1.165) is 19.5 Å². The quantitative estimate of drug-likeness (QED) is 0.472. The minimum Gasteiger partial charge on any atom is -0.370 e. The van der Waals surface area contributed by atoms with Gasteiger partial charge in [-0.3, -0.25) is 5.41 Å². The molecule has 0 aromatic rings. The highest BCUT2D eigenvalue weighted by molar-refractivity contribution is 5.74. The van der Waals surface area contributed by atoms with Crippen molar-refractivity contribution in [3.63, 3.8) is 0 Å². The van der Waals surface area contributed by atoms with E-state index in [1.807, 2.05) is 0 Å². The van der Waals surface area contributed by atoms with E-state index in [-0.39, 0.29) is 5.96 Å². The van der Waals surface area contributed by atoms with Gasteiger partial charge >= 0.3 is 0 Å². The number of nitrogens with zero attached hydrogens (tertiary/aromatic N) is 1. The molecule has 1 atom stereocenters.